The Morgan fingerprint density at radius 1 is 0.173 bits per heavy atom. The summed E-state index contributed by atoms with van der Waals surface area (Å²) in [5.74, 6) is 0. The Kier molecular flexibility index (Phi) is 18.8. The Balaban J connectivity index is 1.05. The second kappa shape index (κ2) is 27.2. The molecule has 0 aliphatic rings. The van der Waals surface area contributed by atoms with E-state index in [4.69, 9.17) is 0 Å². The van der Waals surface area contributed by atoms with Crippen LogP contribution in [0.2, 0.25) is 0 Å². The third-order valence-electron chi connectivity index (χ3n) is 15.7. The standard InChI is InChI=1S/C78H81N3/c1-7-13-58-19-37-70(38-20-58)79(71-39-21-59(14-8-2)22-40-71)76-49-31-64(32-50-76)67-55-68(65-33-51-77(52-34-65)80(72-41-23-60(15-9-3)24-42-72)73-43-25-61(16-10-4)26-44-73)57-69(56-67)66-35-53-78(54-36-66)81(74-45-27-62(17-11-5)28-46-74)75-47-29-63(18-12-6)30-48-75/h19-57H,7-18H2,1-6H3. The molecule has 408 valence electrons. The van der Waals surface area contributed by atoms with Crippen LogP contribution in [0.15, 0.2) is 237 Å². The Hall–Kier alpha value is -8.40. The number of hydrogen-bond donors (Lipinski definition) is 0. The van der Waals surface area contributed by atoms with E-state index in [-0.39, 0.29) is 0 Å². The molecule has 0 fully saturated rings. The molecule has 0 aromatic heterocycles. The van der Waals surface area contributed by atoms with Gasteiger partial charge in [-0.3, -0.25) is 0 Å². The lowest BCUT2D eigenvalue weighted by Gasteiger charge is -2.26. The van der Waals surface area contributed by atoms with Crippen LogP contribution in [0.5, 0.6) is 0 Å². The fourth-order valence-electron chi connectivity index (χ4n) is 11.5. The highest BCUT2D eigenvalue weighted by Crippen LogP contribution is 2.42. The Morgan fingerprint density at radius 2 is 0.309 bits per heavy atom. The maximum atomic E-state index is 2.39. The molecule has 81 heavy (non-hydrogen) atoms. The topological polar surface area (TPSA) is 9.72 Å². The van der Waals surface area contributed by atoms with Crippen LogP contribution in [0.1, 0.15) is 113 Å². The summed E-state index contributed by atoms with van der Waals surface area (Å²) in [6, 6.07) is 89.5. The van der Waals surface area contributed by atoms with Crippen molar-refractivity contribution in [3.63, 3.8) is 0 Å². The fourth-order valence-corrected chi connectivity index (χ4v) is 11.5. The van der Waals surface area contributed by atoms with E-state index in [1.807, 2.05) is 0 Å². The SMILES string of the molecule is CCCc1ccc(N(c2ccc(CCC)cc2)c2ccc(-c3cc(-c4ccc(N(c5ccc(CCC)cc5)c5ccc(CCC)cc5)cc4)cc(-c4ccc(N(c5ccc(CCC)cc5)c5ccc(CCC)cc5)cc4)c3)cc2)cc1. The maximum Gasteiger partial charge on any atom is 0.0462 e. The molecule has 10 rings (SSSR count). The molecule has 0 aliphatic heterocycles. The minimum Gasteiger partial charge on any atom is -0.311 e. The summed E-state index contributed by atoms with van der Waals surface area (Å²) in [7, 11) is 0. The summed E-state index contributed by atoms with van der Waals surface area (Å²) in [5.41, 5.74) is 25.5. The van der Waals surface area contributed by atoms with Gasteiger partial charge in [0, 0.05) is 51.2 Å². The zero-order valence-corrected chi connectivity index (χ0v) is 48.8. The summed E-state index contributed by atoms with van der Waals surface area (Å²) in [5, 5.41) is 0. The van der Waals surface area contributed by atoms with Gasteiger partial charge in [-0.1, -0.05) is 189 Å². The predicted molar refractivity (Wildman–Crippen MR) is 351 cm³/mol. The van der Waals surface area contributed by atoms with E-state index in [0.717, 1.165) is 128 Å². The minimum atomic E-state index is 1.08. The van der Waals surface area contributed by atoms with Crippen LogP contribution in [0.3, 0.4) is 0 Å². The Bertz CT molecular complexity index is 2980. The molecule has 0 unspecified atom stereocenters. The third-order valence-corrected chi connectivity index (χ3v) is 15.7. The molecule has 3 nitrogen and oxygen atoms in total. The van der Waals surface area contributed by atoms with Crippen molar-refractivity contribution in [3.05, 3.63) is 270 Å². The molecule has 3 heteroatoms. The monoisotopic (exact) mass is 1060 g/mol. The second-order valence-electron chi connectivity index (χ2n) is 21.9. The van der Waals surface area contributed by atoms with E-state index in [2.05, 4.69) is 293 Å². The Labute approximate surface area is 485 Å². The van der Waals surface area contributed by atoms with Crippen LogP contribution in [0.25, 0.3) is 33.4 Å². The summed E-state index contributed by atoms with van der Waals surface area (Å²) in [6.45, 7) is 13.5. The van der Waals surface area contributed by atoms with Crippen molar-refractivity contribution in [1.82, 2.24) is 0 Å². The molecular weight excluding hydrogens is 979 g/mol. The minimum absolute atomic E-state index is 1.08. The normalized spacial score (nSPS) is 11.2. The van der Waals surface area contributed by atoms with Crippen LogP contribution in [-0.2, 0) is 38.5 Å². The molecule has 0 heterocycles. The van der Waals surface area contributed by atoms with Gasteiger partial charge in [-0.25, -0.2) is 0 Å². The van der Waals surface area contributed by atoms with E-state index in [9.17, 15) is 0 Å². The summed E-state index contributed by atoms with van der Waals surface area (Å²) < 4.78 is 0. The number of aryl methyl sites for hydroxylation is 6. The van der Waals surface area contributed by atoms with E-state index >= 15 is 0 Å². The quantitative estimate of drug-likeness (QED) is 0.0597. The molecule has 0 atom stereocenters. The predicted octanol–water partition coefficient (Wildman–Crippen LogP) is 22.8. The highest BCUT2D eigenvalue weighted by atomic mass is 15.2. The number of hydrogen-bond acceptors (Lipinski definition) is 3. The van der Waals surface area contributed by atoms with Gasteiger partial charge < -0.3 is 14.7 Å². The van der Waals surface area contributed by atoms with Crippen molar-refractivity contribution in [1.29, 1.82) is 0 Å². The van der Waals surface area contributed by atoms with Crippen molar-refractivity contribution >= 4 is 51.2 Å². The first-order chi connectivity index (χ1) is 39.8. The smallest absolute Gasteiger partial charge is 0.0462 e. The molecule has 0 radical (unpaired) electrons. The molecule has 0 N–H and O–H groups in total. The van der Waals surface area contributed by atoms with Crippen LogP contribution in [0, 0.1) is 0 Å². The van der Waals surface area contributed by atoms with Gasteiger partial charge in [0.2, 0.25) is 0 Å². The van der Waals surface area contributed by atoms with E-state index in [0.29, 0.717) is 0 Å². The van der Waals surface area contributed by atoms with Crippen molar-refractivity contribution in [3.8, 4) is 33.4 Å². The van der Waals surface area contributed by atoms with Crippen LogP contribution < -0.4 is 14.7 Å². The van der Waals surface area contributed by atoms with E-state index in [1.54, 1.807) is 0 Å². The van der Waals surface area contributed by atoms with E-state index < -0.39 is 0 Å². The van der Waals surface area contributed by atoms with Gasteiger partial charge >= 0.3 is 0 Å². The number of anilines is 9. The van der Waals surface area contributed by atoms with Crippen molar-refractivity contribution in [2.24, 2.45) is 0 Å². The zero-order chi connectivity index (χ0) is 55.9. The summed E-state index contributed by atoms with van der Waals surface area (Å²) in [4.78, 5) is 7.18. The fraction of sp³-hybridized carbons (Fsp3) is 0.231. The van der Waals surface area contributed by atoms with Crippen molar-refractivity contribution < 1.29 is 0 Å². The highest BCUT2D eigenvalue weighted by Gasteiger charge is 2.18. The molecule has 0 bridgehead atoms. The lowest BCUT2D eigenvalue weighted by atomic mass is 9.93. The molecule has 0 saturated carbocycles. The summed E-state index contributed by atoms with van der Waals surface area (Å²) >= 11 is 0. The molecule has 0 spiro atoms. The lowest BCUT2D eigenvalue weighted by molar-refractivity contribution is 0.921. The van der Waals surface area contributed by atoms with Crippen LogP contribution in [-0.4, -0.2) is 0 Å². The highest BCUT2D eigenvalue weighted by molar-refractivity contribution is 5.86. The Morgan fingerprint density at radius 3 is 0.444 bits per heavy atom. The van der Waals surface area contributed by atoms with Gasteiger partial charge in [0.1, 0.15) is 0 Å². The number of nitrogens with zero attached hydrogens (tertiary/aromatic N) is 3. The third kappa shape index (κ3) is 13.6. The van der Waals surface area contributed by atoms with Gasteiger partial charge in [-0.15, -0.1) is 0 Å². The zero-order valence-electron chi connectivity index (χ0n) is 48.8. The average Bonchev–Trinajstić information content (AvgIpc) is 3.53. The van der Waals surface area contributed by atoms with Gasteiger partial charge in [0.05, 0.1) is 0 Å². The van der Waals surface area contributed by atoms with E-state index in [1.165, 1.54) is 66.8 Å². The lowest BCUT2D eigenvalue weighted by Crippen LogP contribution is -2.10. The first kappa shape index (κ1) is 55.9. The summed E-state index contributed by atoms with van der Waals surface area (Å²) in [6.07, 6.45) is 13.2. The van der Waals surface area contributed by atoms with Crippen LogP contribution in [0.4, 0.5) is 51.2 Å². The van der Waals surface area contributed by atoms with Gasteiger partial charge in [0.25, 0.3) is 0 Å². The van der Waals surface area contributed by atoms with Crippen molar-refractivity contribution in [2.75, 3.05) is 14.7 Å². The maximum absolute atomic E-state index is 2.39. The van der Waals surface area contributed by atoms with Gasteiger partial charge in [-0.2, -0.15) is 0 Å². The molecule has 0 amide bonds. The van der Waals surface area contributed by atoms with Gasteiger partial charge in [-0.05, 0) is 233 Å². The molecule has 10 aromatic rings. The average molecular weight is 1060 g/mol. The van der Waals surface area contributed by atoms with Crippen molar-refractivity contribution in [2.45, 2.75) is 119 Å². The first-order valence-electron chi connectivity index (χ1n) is 30.3. The molecule has 0 aliphatic carbocycles. The largest absolute Gasteiger partial charge is 0.311 e. The molecular formula is C78H81N3. The number of rotatable bonds is 24. The first-order valence-corrected chi connectivity index (χ1v) is 30.3. The second-order valence-corrected chi connectivity index (χ2v) is 21.9. The molecule has 10 aromatic carbocycles. The molecule has 0 saturated heterocycles. The number of benzene rings is 10. The van der Waals surface area contributed by atoms with Gasteiger partial charge in [0.15, 0.2) is 0 Å². The van der Waals surface area contributed by atoms with Crippen LogP contribution >= 0.6 is 0 Å².